The number of ether oxygens (including phenoxy) is 2. The van der Waals surface area contributed by atoms with E-state index in [1.54, 1.807) is 20.3 Å². The van der Waals surface area contributed by atoms with Crippen molar-refractivity contribution in [2.45, 2.75) is 18.9 Å². The summed E-state index contributed by atoms with van der Waals surface area (Å²) < 4.78 is 10.7. The summed E-state index contributed by atoms with van der Waals surface area (Å²) >= 11 is 13.0. The molecule has 0 heterocycles. The van der Waals surface area contributed by atoms with Crippen molar-refractivity contribution in [2.75, 3.05) is 14.2 Å². The molecule has 0 aromatic heterocycles. The first-order valence-electron chi connectivity index (χ1n) is 7.06. The van der Waals surface area contributed by atoms with Crippen LogP contribution in [0.4, 0.5) is 0 Å². The third kappa shape index (κ3) is 2.34. The zero-order chi connectivity index (χ0) is 15.9. The Balaban J connectivity index is 2.30. The summed E-state index contributed by atoms with van der Waals surface area (Å²) in [6, 6.07) is 7.83. The molecule has 2 aromatic rings. The van der Waals surface area contributed by atoms with Gasteiger partial charge in [0, 0.05) is 17.7 Å². The second kappa shape index (κ2) is 5.99. The monoisotopic (exact) mass is 337 g/mol. The van der Waals surface area contributed by atoms with Crippen LogP contribution >= 0.6 is 23.2 Å². The van der Waals surface area contributed by atoms with Crippen molar-refractivity contribution in [3.05, 3.63) is 45.4 Å². The first-order valence-corrected chi connectivity index (χ1v) is 7.81. The SMILES string of the molecule is COc1cc(OC)c(Cl)c(-c2cccc3c2CC[C@H]3N)c1Cl. The van der Waals surface area contributed by atoms with Crippen LogP contribution in [0.5, 0.6) is 11.5 Å². The highest BCUT2D eigenvalue weighted by molar-refractivity contribution is 6.41. The smallest absolute Gasteiger partial charge is 0.141 e. The van der Waals surface area contributed by atoms with E-state index in [2.05, 4.69) is 6.07 Å². The third-order valence-corrected chi connectivity index (χ3v) is 4.91. The molecule has 3 nitrogen and oxygen atoms in total. The zero-order valence-electron chi connectivity index (χ0n) is 12.5. The van der Waals surface area contributed by atoms with Gasteiger partial charge < -0.3 is 15.2 Å². The Hall–Kier alpha value is -1.42. The maximum atomic E-state index is 6.52. The summed E-state index contributed by atoms with van der Waals surface area (Å²) in [5.74, 6) is 1.08. The van der Waals surface area contributed by atoms with Crippen LogP contribution in [0.3, 0.4) is 0 Å². The van der Waals surface area contributed by atoms with Gasteiger partial charge in [-0.25, -0.2) is 0 Å². The number of halogens is 2. The molecule has 116 valence electrons. The van der Waals surface area contributed by atoms with Gasteiger partial charge in [-0.1, -0.05) is 41.4 Å². The fourth-order valence-electron chi connectivity index (χ4n) is 3.04. The molecular weight excluding hydrogens is 321 g/mol. The summed E-state index contributed by atoms with van der Waals surface area (Å²) in [5, 5.41) is 0.976. The minimum atomic E-state index is 0.0694. The lowest BCUT2D eigenvalue weighted by atomic mass is 9.96. The average Bonchev–Trinajstić information content (AvgIpc) is 2.90. The van der Waals surface area contributed by atoms with E-state index in [0.717, 1.165) is 29.5 Å². The van der Waals surface area contributed by atoms with Crippen LogP contribution in [0.2, 0.25) is 10.0 Å². The Morgan fingerprint density at radius 2 is 1.73 bits per heavy atom. The molecule has 0 unspecified atom stereocenters. The van der Waals surface area contributed by atoms with Crippen LogP contribution in [0, 0.1) is 0 Å². The number of benzene rings is 2. The summed E-state index contributed by atoms with van der Waals surface area (Å²) in [4.78, 5) is 0. The van der Waals surface area contributed by atoms with E-state index < -0.39 is 0 Å². The molecule has 0 fully saturated rings. The molecule has 2 N–H and O–H groups in total. The molecule has 1 aliphatic rings. The number of methoxy groups -OCH3 is 2. The number of hydrogen-bond acceptors (Lipinski definition) is 3. The van der Waals surface area contributed by atoms with Gasteiger partial charge in [0.05, 0.1) is 24.3 Å². The molecule has 1 aliphatic carbocycles. The van der Waals surface area contributed by atoms with Crippen LogP contribution in [-0.4, -0.2) is 14.2 Å². The molecule has 0 amide bonds. The van der Waals surface area contributed by atoms with Crippen LogP contribution in [0.1, 0.15) is 23.6 Å². The molecule has 0 radical (unpaired) electrons. The highest BCUT2D eigenvalue weighted by atomic mass is 35.5. The van der Waals surface area contributed by atoms with E-state index in [-0.39, 0.29) is 6.04 Å². The molecular formula is C17H17Cl2NO2. The predicted octanol–water partition coefficient (Wildman–Crippen LogP) is 4.62. The van der Waals surface area contributed by atoms with Crippen LogP contribution < -0.4 is 15.2 Å². The second-order valence-corrected chi connectivity index (χ2v) is 6.06. The molecule has 3 rings (SSSR count). The van der Waals surface area contributed by atoms with E-state index >= 15 is 0 Å². The van der Waals surface area contributed by atoms with E-state index in [0.29, 0.717) is 21.5 Å². The van der Waals surface area contributed by atoms with Gasteiger partial charge in [-0.3, -0.25) is 0 Å². The van der Waals surface area contributed by atoms with E-state index in [1.165, 1.54) is 5.56 Å². The van der Waals surface area contributed by atoms with Crippen molar-refractivity contribution < 1.29 is 9.47 Å². The van der Waals surface area contributed by atoms with Gasteiger partial charge in [0.25, 0.3) is 0 Å². The summed E-state index contributed by atoms with van der Waals surface area (Å²) in [6.07, 6.45) is 1.85. The predicted molar refractivity (Wildman–Crippen MR) is 90.3 cm³/mol. The van der Waals surface area contributed by atoms with Gasteiger partial charge in [0.1, 0.15) is 11.5 Å². The van der Waals surface area contributed by atoms with Crippen molar-refractivity contribution in [2.24, 2.45) is 5.73 Å². The molecule has 0 spiro atoms. The largest absolute Gasteiger partial charge is 0.495 e. The molecule has 0 bridgehead atoms. The maximum absolute atomic E-state index is 6.52. The number of nitrogens with two attached hydrogens (primary N) is 1. The lowest BCUT2D eigenvalue weighted by Crippen LogP contribution is -2.05. The van der Waals surface area contributed by atoms with Crippen molar-refractivity contribution in [3.8, 4) is 22.6 Å². The van der Waals surface area contributed by atoms with Crippen molar-refractivity contribution in [1.29, 1.82) is 0 Å². The van der Waals surface area contributed by atoms with E-state index in [9.17, 15) is 0 Å². The Bertz CT molecular complexity index is 703. The average molecular weight is 338 g/mol. The second-order valence-electron chi connectivity index (χ2n) is 5.30. The first kappa shape index (κ1) is 15.5. The zero-order valence-corrected chi connectivity index (χ0v) is 14.0. The van der Waals surface area contributed by atoms with Crippen molar-refractivity contribution >= 4 is 23.2 Å². The van der Waals surface area contributed by atoms with Crippen LogP contribution in [0.15, 0.2) is 24.3 Å². The van der Waals surface area contributed by atoms with Crippen LogP contribution in [0.25, 0.3) is 11.1 Å². The fourth-order valence-corrected chi connectivity index (χ4v) is 3.75. The Morgan fingerprint density at radius 1 is 1.09 bits per heavy atom. The highest BCUT2D eigenvalue weighted by Crippen LogP contribution is 2.48. The molecule has 0 aliphatic heterocycles. The number of fused-ring (bicyclic) bond motifs is 1. The van der Waals surface area contributed by atoms with Gasteiger partial charge in [-0.15, -0.1) is 0 Å². The van der Waals surface area contributed by atoms with E-state index in [4.69, 9.17) is 38.4 Å². The first-order chi connectivity index (χ1) is 10.6. The molecule has 2 aromatic carbocycles. The molecule has 1 atom stereocenters. The summed E-state index contributed by atoms with van der Waals surface area (Å²) in [5.41, 5.74) is 10.3. The van der Waals surface area contributed by atoms with Gasteiger partial charge in [-0.05, 0) is 29.5 Å². The quantitative estimate of drug-likeness (QED) is 0.888. The van der Waals surface area contributed by atoms with Crippen molar-refractivity contribution in [1.82, 2.24) is 0 Å². The minimum absolute atomic E-state index is 0.0694. The Kier molecular flexibility index (Phi) is 4.22. The number of rotatable bonds is 3. The minimum Gasteiger partial charge on any atom is -0.495 e. The summed E-state index contributed by atoms with van der Waals surface area (Å²) in [6.45, 7) is 0. The standard InChI is InChI=1S/C17H17Cl2NO2/c1-21-13-8-14(22-2)17(19)15(16(13)18)11-5-3-4-10-9(11)6-7-12(10)20/h3-5,8,12H,6-7,20H2,1-2H3/t12-/m1/s1. The van der Waals surface area contributed by atoms with Gasteiger partial charge in [-0.2, -0.15) is 0 Å². The molecule has 0 saturated heterocycles. The van der Waals surface area contributed by atoms with Crippen molar-refractivity contribution in [3.63, 3.8) is 0 Å². The molecule has 5 heteroatoms. The maximum Gasteiger partial charge on any atom is 0.141 e. The molecule has 0 saturated carbocycles. The Labute approximate surface area is 139 Å². The number of hydrogen-bond donors (Lipinski definition) is 1. The highest BCUT2D eigenvalue weighted by Gasteiger charge is 2.26. The van der Waals surface area contributed by atoms with E-state index in [1.807, 2.05) is 12.1 Å². The third-order valence-electron chi connectivity index (χ3n) is 4.16. The lowest BCUT2D eigenvalue weighted by molar-refractivity contribution is 0.395. The fraction of sp³-hybridized carbons (Fsp3) is 0.294. The van der Waals surface area contributed by atoms with Gasteiger partial charge in [0.2, 0.25) is 0 Å². The Morgan fingerprint density at radius 3 is 2.32 bits per heavy atom. The molecule has 22 heavy (non-hydrogen) atoms. The normalized spacial score (nSPS) is 16.5. The van der Waals surface area contributed by atoms with Gasteiger partial charge in [0.15, 0.2) is 0 Å². The topological polar surface area (TPSA) is 44.5 Å². The summed E-state index contributed by atoms with van der Waals surface area (Å²) in [7, 11) is 3.15. The van der Waals surface area contributed by atoms with Crippen LogP contribution in [-0.2, 0) is 6.42 Å². The lowest BCUT2D eigenvalue weighted by Gasteiger charge is -2.17. The van der Waals surface area contributed by atoms with Gasteiger partial charge >= 0.3 is 0 Å².